The maximum atomic E-state index is 11.3. The van der Waals surface area contributed by atoms with Gasteiger partial charge in [0.2, 0.25) is 5.91 Å². The Morgan fingerprint density at radius 2 is 1.84 bits per heavy atom. The van der Waals surface area contributed by atoms with Gasteiger partial charge in [0.1, 0.15) is 0 Å². The summed E-state index contributed by atoms with van der Waals surface area (Å²) in [6.07, 6.45) is 2.69. The molecular weight excluding hydrogens is 246 g/mol. The monoisotopic (exact) mass is 269 g/mol. The number of piperidine rings is 1. The highest BCUT2D eigenvalue weighted by atomic mass is 16.5. The zero-order valence-corrected chi connectivity index (χ0v) is 11.7. The highest BCUT2D eigenvalue weighted by Crippen LogP contribution is 2.21. The number of hydrogen-bond donors (Lipinski definition) is 1. The summed E-state index contributed by atoms with van der Waals surface area (Å²) in [7, 11) is 1.39. The lowest BCUT2D eigenvalue weighted by molar-refractivity contribution is -0.130. The van der Waals surface area contributed by atoms with Crippen molar-refractivity contribution in [2.75, 3.05) is 33.3 Å². The van der Waals surface area contributed by atoms with Crippen LogP contribution in [0.1, 0.15) is 26.2 Å². The second-order valence-corrected chi connectivity index (χ2v) is 5.35. The number of carbonyl (C=O) groups is 2. The number of nitrogens with zero attached hydrogens (tertiary/aromatic N) is 2. The van der Waals surface area contributed by atoms with E-state index < -0.39 is 0 Å². The molecule has 2 saturated heterocycles. The molecule has 0 bridgehead atoms. The van der Waals surface area contributed by atoms with Crippen molar-refractivity contribution in [3.63, 3.8) is 0 Å². The molecule has 2 aliphatic rings. The summed E-state index contributed by atoms with van der Waals surface area (Å²) < 4.78 is 4.62. The maximum absolute atomic E-state index is 11.3. The average Bonchev–Trinajstić information content (AvgIpc) is 2.87. The zero-order chi connectivity index (χ0) is 13.8. The SMILES string of the molecule is COC(=O)NC1CCN(C2CCN(C(C)=O)CC2)C1. The van der Waals surface area contributed by atoms with Crippen LogP contribution in [0.2, 0.25) is 0 Å². The molecule has 0 aromatic rings. The molecule has 0 saturated carbocycles. The Balaban J connectivity index is 1.76. The lowest BCUT2D eigenvalue weighted by atomic mass is 10.0. The molecule has 0 aromatic carbocycles. The van der Waals surface area contributed by atoms with Crippen LogP contribution in [0.25, 0.3) is 0 Å². The molecule has 2 heterocycles. The summed E-state index contributed by atoms with van der Waals surface area (Å²) in [6, 6.07) is 0.735. The van der Waals surface area contributed by atoms with Gasteiger partial charge < -0.3 is 15.0 Å². The van der Waals surface area contributed by atoms with Gasteiger partial charge in [-0.15, -0.1) is 0 Å². The third-order valence-corrected chi connectivity index (χ3v) is 4.15. The van der Waals surface area contributed by atoms with E-state index >= 15 is 0 Å². The van der Waals surface area contributed by atoms with Gasteiger partial charge in [-0.2, -0.15) is 0 Å². The molecule has 2 rings (SSSR count). The van der Waals surface area contributed by atoms with E-state index in [9.17, 15) is 9.59 Å². The minimum atomic E-state index is -0.349. The predicted octanol–water partition coefficient (Wildman–Crippen LogP) is 0.428. The number of hydrogen-bond acceptors (Lipinski definition) is 4. The maximum Gasteiger partial charge on any atom is 0.407 e. The van der Waals surface area contributed by atoms with Crippen LogP contribution in [-0.4, -0.2) is 67.2 Å². The van der Waals surface area contributed by atoms with E-state index in [0.717, 1.165) is 45.4 Å². The van der Waals surface area contributed by atoms with Crippen molar-refractivity contribution in [1.29, 1.82) is 0 Å². The highest BCUT2D eigenvalue weighted by Gasteiger charge is 2.31. The molecule has 0 radical (unpaired) electrons. The van der Waals surface area contributed by atoms with Crippen LogP contribution in [0.5, 0.6) is 0 Å². The molecule has 2 fully saturated rings. The van der Waals surface area contributed by atoms with Gasteiger partial charge in [0.15, 0.2) is 0 Å². The first-order chi connectivity index (χ1) is 9.10. The summed E-state index contributed by atoms with van der Waals surface area (Å²) >= 11 is 0. The van der Waals surface area contributed by atoms with Gasteiger partial charge in [0.05, 0.1) is 7.11 Å². The van der Waals surface area contributed by atoms with Crippen LogP contribution < -0.4 is 5.32 Å². The topological polar surface area (TPSA) is 61.9 Å². The molecule has 108 valence electrons. The summed E-state index contributed by atoms with van der Waals surface area (Å²) in [6.45, 7) is 5.24. The fraction of sp³-hybridized carbons (Fsp3) is 0.846. The number of alkyl carbamates (subject to hydrolysis) is 1. The summed E-state index contributed by atoms with van der Waals surface area (Å²) in [5.41, 5.74) is 0. The third-order valence-electron chi connectivity index (χ3n) is 4.15. The Hall–Kier alpha value is -1.30. The van der Waals surface area contributed by atoms with Crippen molar-refractivity contribution >= 4 is 12.0 Å². The normalized spacial score (nSPS) is 25.4. The third kappa shape index (κ3) is 3.59. The van der Waals surface area contributed by atoms with Crippen molar-refractivity contribution in [2.45, 2.75) is 38.3 Å². The van der Waals surface area contributed by atoms with Gasteiger partial charge in [-0.1, -0.05) is 0 Å². The Bertz CT molecular complexity index is 340. The van der Waals surface area contributed by atoms with Crippen molar-refractivity contribution in [3.05, 3.63) is 0 Å². The van der Waals surface area contributed by atoms with Gasteiger partial charge >= 0.3 is 6.09 Å². The largest absolute Gasteiger partial charge is 0.453 e. The Morgan fingerprint density at radius 3 is 2.42 bits per heavy atom. The minimum absolute atomic E-state index is 0.171. The summed E-state index contributed by atoms with van der Waals surface area (Å²) in [5, 5.41) is 2.86. The number of amides is 2. The Kier molecular flexibility index (Phi) is 4.63. The summed E-state index contributed by atoms with van der Waals surface area (Å²) in [5.74, 6) is 0.171. The Labute approximate surface area is 114 Å². The number of likely N-dealkylation sites (tertiary alicyclic amines) is 2. The van der Waals surface area contributed by atoms with E-state index in [1.165, 1.54) is 7.11 Å². The number of carbonyl (C=O) groups excluding carboxylic acids is 2. The highest BCUT2D eigenvalue weighted by molar-refractivity contribution is 5.73. The first-order valence-corrected chi connectivity index (χ1v) is 6.94. The molecule has 0 aromatic heterocycles. The Morgan fingerprint density at radius 1 is 1.16 bits per heavy atom. The van der Waals surface area contributed by atoms with Crippen molar-refractivity contribution in [2.24, 2.45) is 0 Å². The average molecular weight is 269 g/mol. The smallest absolute Gasteiger partial charge is 0.407 e. The number of nitrogens with one attached hydrogen (secondary N) is 1. The molecule has 0 aliphatic carbocycles. The standard InChI is InChI=1S/C13H23N3O3/c1-10(17)15-7-4-12(5-8-15)16-6-3-11(9-16)14-13(18)19-2/h11-12H,3-9H2,1-2H3,(H,14,18). The molecule has 2 amide bonds. The molecule has 6 nitrogen and oxygen atoms in total. The minimum Gasteiger partial charge on any atom is -0.453 e. The van der Waals surface area contributed by atoms with Gasteiger partial charge in [-0.3, -0.25) is 9.69 Å². The van der Waals surface area contributed by atoms with Crippen LogP contribution in [0.3, 0.4) is 0 Å². The molecular formula is C13H23N3O3. The van der Waals surface area contributed by atoms with E-state index in [0.29, 0.717) is 6.04 Å². The lowest BCUT2D eigenvalue weighted by Gasteiger charge is -2.36. The van der Waals surface area contributed by atoms with Crippen LogP contribution in [-0.2, 0) is 9.53 Å². The van der Waals surface area contributed by atoms with Gasteiger partial charge in [0.25, 0.3) is 0 Å². The number of rotatable bonds is 2. The van der Waals surface area contributed by atoms with Crippen LogP contribution >= 0.6 is 0 Å². The first kappa shape index (κ1) is 14.1. The fourth-order valence-electron chi connectivity index (χ4n) is 3.01. The van der Waals surface area contributed by atoms with E-state index in [1.807, 2.05) is 4.90 Å². The van der Waals surface area contributed by atoms with Crippen molar-refractivity contribution < 1.29 is 14.3 Å². The molecule has 19 heavy (non-hydrogen) atoms. The van der Waals surface area contributed by atoms with E-state index in [1.54, 1.807) is 6.92 Å². The molecule has 0 spiro atoms. The molecule has 2 aliphatic heterocycles. The van der Waals surface area contributed by atoms with Gasteiger partial charge in [-0.05, 0) is 19.3 Å². The second kappa shape index (κ2) is 6.23. The van der Waals surface area contributed by atoms with Crippen LogP contribution in [0, 0.1) is 0 Å². The van der Waals surface area contributed by atoms with Gasteiger partial charge in [0, 0.05) is 45.2 Å². The van der Waals surface area contributed by atoms with Crippen LogP contribution in [0.4, 0.5) is 4.79 Å². The second-order valence-electron chi connectivity index (χ2n) is 5.35. The molecule has 1 atom stereocenters. The zero-order valence-electron chi connectivity index (χ0n) is 11.7. The van der Waals surface area contributed by atoms with E-state index in [2.05, 4.69) is 15.0 Å². The lowest BCUT2D eigenvalue weighted by Crippen LogP contribution is -2.46. The van der Waals surface area contributed by atoms with Crippen molar-refractivity contribution in [3.8, 4) is 0 Å². The number of ether oxygens (including phenoxy) is 1. The number of methoxy groups -OCH3 is 1. The molecule has 1 unspecified atom stereocenters. The van der Waals surface area contributed by atoms with E-state index in [-0.39, 0.29) is 18.0 Å². The van der Waals surface area contributed by atoms with Crippen LogP contribution in [0.15, 0.2) is 0 Å². The quantitative estimate of drug-likeness (QED) is 0.789. The predicted molar refractivity (Wildman–Crippen MR) is 70.8 cm³/mol. The van der Waals surface area contributed by atoms with E-state index in [4.69, 9.17) is 0 Å². The molecule has 6 heteroatoms. The van der Waals surface area contributed by atoms with Crippen molar-refractivity contribution in [1.82, 2.24) is 15.1 Å². The fourth-order valence-corrected chi connectivity index (χ4v) is 3.01. The van der Waals surface area contributed by atoms with Gasteiger partial charge in [-0.25, -0.2) is 4.79 Å². The summed E-state index contributed by atoms with van der Waals surface area (Å²) in [4.78, 5) is 26.8. The molecule has 1 N–H and O–H groups in total. The first-order valence-electron chi connectivity index (χ1n) is 6.94.